The van der Waals surface area contributed by atoms with E-state index in [4.69, 9.17) is 52.1 Å². The number of allylic oxidation sites excluding steroid dienone is 1. The normalized spacial score (nSPS) is 49.4. The molecule has 4 saturated carbocycles. The van der Waals surface area contributed by atoms with Crippen LogP contribution in [0.1, 0.15) is 112 Å². The highest BCUT2D eigenvalue weighted by Gasteiger charge is 2.74. The van der Waals surface area contributed by atoms with Crippen LogP contribution >= 0.6 is 0 Å². The molecule has 0 radical (unpaired) electrons. The highest BCUT2D eigenvalue weighted by Crippen LogP contribution is 2.76. The first-order valence-electron chi connectivity index (χ1n) is 34.4. The Morgan fingerprint density at radius 2 is 1.16 bits per heavy atom. The third-order valence-corrected chi connectivity index (χ3v) is 24.7. The van der Waals surface area contributed by atoms with Crippen molar-refractivity contribution in [3.63, 3.8) is 0 Å². The fraction of sp³-hybridized carbons (Fsp3) is 0.809. The van der Waals surface area contributed by atoms with Crippen LogP contribution in [0.4, 0.5) is 0 Å². The summed E-state index contributed by atoms with van der Waals surface area (Å²) in [6.07, 6.45) is -37.9. The van der Waals surface area contributed by atoms with Crippen LogP contribution in [0.3, 0.4) is 0 Å². The number of aliphatic carboxylic acids is 1. The first kappa shape index (κ1) is 76.9. The quantitative estimate of drug-likeness (QED) is 0.0246. The number of phenols is 2. The average molecular weight is 1430 g/mol. The first-order valence-corrected chi connectivity index (χ1v) is 34.4. The monoisotopic (exact) mass is 1430 g/mol. The molecular formula is C68H100O32. The van der Waals surface area contributed by atoms with Crippen molar-refractivity contribution in [1.82, 2.24) is 0 Å². The molecule has 564 valence electrons. The summed E-state index contributed by atoms with van der Waals surface area (Å²) in [6, 6.07) is 3.76. The minimum absolute atomic E-state index is 0.00500. The van der Waals surface area contributed by atoms with E-state index in [1.807, 2.05) is 13.0 Å². The number of ether oxygens (including phenoxy) is 11. The van der Waals surface area contributed by atoms with Gasteiger partial charge in [-0.2, -0.15) is 0 Å². The molecule has 32 nitrogen and oxygen atoms in total. The molecule has 9 fully saturated rings. The predicted octanol–water partition coefficient (Wildman–Crippen LogP) is -2.83. The number of carboxylic acids is 1. The molecule has 1 aromatic carbocycles. The van der Waals surface area contributed by atoms with E-state index in [0.717, 1.165) is 11.6 Å². The van der Waals surface area contributed by atoms with Crippen LogP contribution in [-0.4, -0.2) is 296 Å². The molecule has 0 spiro atoms. The molecule has 0 amide bonds. The molecular weight excluding hydrogens is 1330 g/mol. The van der Waals surface area contributed by atoms with Crippen LogP contribution in [0.15, 0.2) is 35.9 Å². The molecule has 0 aromatic heterocycles. The van der Waals surface area contributed by atoms with Crippen molar-refractivity contribution in [3.8, 4) is 11.5 Å². The highest BCUT2D eigenvalue weighted by molar-refractivity contribution is 5.87. The first-order chi connectivity index (χ1) is 47.0. The van der Waals surface area contributed by atoms with Crippen molar-refractivity contribution in [2.45, 2.75) is 266 Å². The minimum atomic E-state index is -2.10. The Kier molecular flexibility index (Phi) is 22.2. The van der Waals surface area contributed by atoms with Crippen molar-refractivity contribution < 1.29 is 158 Å². The van der Waals surface area contributed by atoms with Crippen molar-refractivity contribution in [1.29, 1.82) is 0 Å². The second-order valence-electron chi connectivity index (χ2n) is 30.9. The Bertz CT molecular complexity index is 3150. The Hall–Kier alpha value is -4.25. The number of aliphatic hydroxyl groups excluding tert-OH is 15. The van der Waals surface area contributed by atoms with E-state index in [-0.39, 0.29) is 44.3 Å². The lowest BCUT2D eigenvalue weighted by molar-refractivity contribution is -0.378. The van der Waals surface area contributed by atoms with Crippen LogP contribution in [0.5, 0.6) is 11.5 Å². The molecule has 34 atom stereocenters. The summed E-state index contributed by atoms with van der Waals surface area (Å²) in [6.45, 7) is 9.96. The van der Waals surface area contributed by atoms with E-state index in [1.54, 1.807) is 0 Å². The largest absolute Gasteiger partial charge is 0.504 e. The molecule has 18 N–H and O–H groups in total. The number of hydrogen-bond donors (Lipinski definition) is 18. The van der Waals surface area contributed by atoms with E-state index in [0.29, 0.717) is 25.7 Å². The number of carbonyl (C=O) groups is 3. The summed E-state index contributed by atoms with van der Waals surface area (Å²) >= 11 is 0. The zero-order chi connectivity index (χ0) is 73.0. The van der Waals surface area contributed by atoms with Gasteiger partial charge in [-0.1, -0.05) is 45.4 Å². The fourth-order valence-electron chi connectivity index (χ4n) is 19.0. The van der Waals surface area contributed by atoms with E-state index < -0.39 is 259 Å². The van der Waals surface area contributed by atoms with E-state index in [2.05, 4.69) is 20.8 Å². The summed E-state index contributed by atoms with van der Waals surface area (Å²) in [5.41, 5.74) is -5.34. The van der Waals surface area contributed by atoms with Crippen LogP contribution in [0, 0.1) is 50.2 Å². The number of aromatic hydroxyl groups is 2. The third-order valence-electron chi connectivity index (χ3n) is 24.7. The minimum Gasteiger partial charge on any atom is -0.504 e. The van der Waals surface area contributed by atoms with Gasteiger partial charge in [-0.3, -0.25) is 9.59 Å². The average Bonchev–Trinajstić information content (AvgIpc) is 0.667. The zero-order valence-electron chi connectivity index (χ0n) is 56.7. The van der Waals surface area contributed by atoms with E-state index in [1.165, 1.54) is 45.0 Å². The maximum absolute atomic E-state index is 15.9. The van der Waals surface area contributed by atoms with Crippen molar-refractivity contribution in [2.75, 3.05) is 26.4 Å². The third kappa shape index (κ3) is 13.1. The topological polar surface area (TPSA) is 517 Å². The van der Waals surface area contributed by atoms with Gasteiger partial charge in [-0.25, -0.2) is 4.79 Å². The predicted molar refractivity (Wildman–Crippen MR) is 334 cm³/mol. The van der Waals surface area contributed by atoms with Crippen molar-refractivity contribution in [3.05, 3.63) is 41.5 Å². The maximum Gasteiger partial charge on any atom is 0.331 e. The van der Waals surface area contributed by atoms with Gasteiger partial charge in [0, 0.05) is 11.5 Å². The standard InChI is InChI=1S/C68H100O32/c1-27-52(97-56-47(82)43(78)37(25-90-56)95-58-48(83)44(79)41(76)35(23-69)93-58)46(81)50(85)57(91-27)98-54-51(86)53(96-40(75)13-9-29-8-11-32(72)33(73)20-29)28(2)92-60(54)100-62(89)67-17-16-63(3,4)21-31(67)30-10-12-38-64(5)22-34(74)55(99-59-49(84)45(80)42(77)36(24-70)94-59)66(7,61(87)88)39(64)14-15-65(38,6)68(30,26-71)19-18-67/h8-11,13,20,27-28,31,34-39,41-60,69-74,76-86H,12,14-19,21-26H2,1-7H3,(H,87,88)/b13-9+/t27-,28-,31?,34?,35-,36-,37-,38?,39?,41+,42-,43+,44+,45+,46-,47+,48-,49-,50+,51+,52-,53+,54-,55?,56?,57?,58+,59+,60+,64?,65?,66+,67?,68+/m1/s1. The fourth-order valence-corrected chi connectivity index (χ4v) is 19.0. The molecule has 10 aliphatic rings. The van der Waals surface area contributed by atoms with Gasteiger partial charge in [0.25, 0.3) is 0 Å². The molecule has 100 heavy (non-hydrogen) atoms. The van der Waals surface area contributed by atoms with Crippen LogP contribution in [0.25, 0.3) is 6.08 Å². The Morgan fingerprint density at radius 3 is 1.78 bits per heavy atom. The lowest BCUT2D eigenvalue weighted by atomic mass is 9.33. The lowest BCUT2D eigenvalue weighted by Crippen LogP contribution is -2.71. The SMILES string of the molecule is C[C@H]1O[C@@H](OC(=O)C23CCC(C)(C)CC2C2=CCC4C5(C)CC(O)C(O[C@@H]6O[C@H](CO)[C@@H](O)[C@H](O)[C@H]6O)[C@@](C)(C(=O)O)C5CCC4(C)[C@]2(CO)CC3)[C@H](OC2O[C@H](C)[C@@H](OC3OC[C@@H](O[C@@H]4O[C@H](CO)[C@H](O)[C@H](O)[C@H]4O)[C@H](O)[C@@H]3O)[C@H](O)[C@@H]2O)[C@@H](O)[C@H]1OC(=O)/C=C/c1ccc(O)c(O)c1. The lowest BCUT2D eigenvalue weighted by Gasteiger charge is -2.71. The van der Waals surface area contributed by atoms with Crippen LogP contribution in [-0.2, 0) is 66.5 Å². The van der Waals surface area contributed by atoms with Crippen molar-refractivity contribution in [2.24, 2.45) is 50.2 Å². The Balaban J connectivity index is 0.847. The number of fused-ring (bicyclic) bond motifs is 7. The number of benzene rings is 1. The molecule has 5 aliphatic heterocycles. The van der Waals surface area contributed by atoms with Crippen LogP contribution < -0.4 is 0 Å². The second-order valence-corrected chi connectivity index (χ2v) is 30.9. The van der Waals surface area contributed by atoms with Gasteiger partial charge in [0.05, 0.1) is 55.6 Å². The number of carboxylic acid groups (broad SMARTS) is 1. The van der Waals surface area contributed by atoms with Gasteiger partial charge in [-0.15, -0.1) is 0 Å². The maximum atomic E-state index is 15.9. The van der Waals surface area contributed by atoms with Crippen molar-refractivity contribution >= 4 is 24.0 Å². The van der Waals surface area contributed by atoms with E-state index >= 15 is 4.79 Å². The Morgan fingerprint density at radius 1 is 0.580 bits per heavy atom. The van der Waals surface area contributed by atoms with Gasteiger partial charge in [0.1, 0.15) is 97.7 Å². The van der Waals surface area contributed by atoms with Gasteiger partial charge in [-0.05, 0) is 136 Å². The molecule has 5 saturated heterocycles. The zero-order valence-corrected chi connectivity index (χ0v) is 56.7. The second kappa shape index (κ2) is 28.9. The molecule has 1 aromatic rings. The molecule has 11 rings (SSSR count). The summed E-state index contributed by atoms with van der Waals surface area (Å²) in [7, 11) is 0. The van der Waals surface area contributed by atoms with Gasteiger partial charge < -0.3 is 144 Å². The summed E-state index contributed by atoms with van der Waals surface area (Å²) < 4.78 is 65.6. The number of esters is 2. The molecule has 0 bridgehead atoms. The summed E-state index contributed by atoms with van der Waals surface area (Å²) in [5.74, 6) is -5.74. The summed E-state index contributed by atoms with van der Waals surface area (Å²) in [5, 5.41) is 197. The highest BCUT2D eigenvalue weighted by atomic mass is 16.8. The molecule has 5 heterocycles. The van der Waals surface area contributed by atoms with Gasteiger partial charge in [0.15, 0.2) is 48.9 Å². The molecule has 5 aliphatic carbocycles. The molecule has 32 heteroatoms. The number of aliphatic hydroxyl groups is 15. The Labute approximate surface area is 576 Å². The van der Waals surface area contributed by atoms with Gasteiger partial charge >= 0.3 is 17.9 Å². The summed E-state index contributed by atoms with van der Waals surface area (Å²) in [4.78, 5) is 43.4. The van der Waals surface area contributed by atoms with E-state index in [9.17, 15) is 102 Å². The smallest absolute Gasteiger partial charge is 0.331 e. The molecule has 10 unspecified atom stereocenters. The number of rotatable bonds is 17. The number of phenolic OH excluding ortho intramolecular Hbond substituents is 2. The van der Waals surface area contributed by atoms with Crippen LogP contribution in [0.2, 0.25) is 0 Å². The number of carbonyl (C=O) groups excluding carboxylic acids is 2. The number of hydrogen-bond acceptors (Lipinski definition) is 31. The van der Waals surface area contributed by atoms with Gasteiger partial charge in [0.2, 0.25) is 6.29 Å².